The minimum absolute atomic E-state index is 0.588. The first-order valence-corrected chi connectivity index (χ1v) is 8.08. The van der Waals surface area contributed by atoms with E-state index in [0.29, 0.717) is 5.25 Å². The fraction of sp³-hybridized carbons (Fsp3) is 0.923. The average molecular weight is 259 g/mol. The molecule has 0 rings (SSSR count). The molecule has 2 N–H and O–H groups in total. The van der Waals surface area contributed by atoms with Crippen LogP contribution in [-0.2, 0) is 0 Å². The fourth-order valence-electron chi connectivity index (χ4n) is 1.39. The van der Waals surface area contributed by atoms with Crippen molar-refractivity contribution in [3.8, 4) is 0 Å². The second kappa shape index (κ2) is 12.1. The molecule has 102 valence electrons. The number of nitrogens with one attached hydrogen (secondary N) is 2. The van der Waals surface area contributed by atoms with Crippen LogP contribution in [0.5, 0.6) is 0 Å². The third-order valence-corrected chi connectivity index (χ3v) is 3.53. The van der Waals surface area contributed by atoms with Gasteiger partial charge in [-0.05, 0) is 19.6 Å². The molecule has 0 heterocycles. The van der Waals surface area contributed by atoms with Gasteiger partial charge >= 0.3 is 0 Å². The molecule has 0 bridgehead atoms. The van der Waals surface area contributed by atoms with Crippen LogP contribution in [0.4, 0.5) is 0 Å². The first kappa shape index (κ1) is 16.6. The Morgan fingerprint density at radius 3 is 2.53 bits per heavy atom. The first-order chi connectivity index (χ1) is 8.24. The van der Waals surface area contributed by atoms with Gasteiger partial charge in [0, 0.05) is 18.3 Å². The standard InChI is InChI=1S/C13H29N3S/c1-5-7-8-9-10-15-13(14-6-2)16-11-12(3)17-4/h12H,5-11H2,1-4H3,(H2,14,15,16). The molecule has 0 spiro atoms. The molecule has 17 heavy (non-hydrogen) atoms. The van der Waals surface area contributed by atoms with E-state index >= 15 is 0 Å². The molecule has 1 unspecified atom stereocenters. The van der Waals surface area contributed by atoms with Crippen LogP contribution in [0.15, 0.2) is 4.99 Å². The number of hydrogen-bond donors (Lipinski definition) is 2. The second-order valence-corrected chi connectivity index (χ2v) is 5.53. The maximum absolute atomic E-state index is 4.58. The second-order valence-electron chi connectivity index (χ2n) is 4.25. The molecular weight excluding hydrogens is 230 g/mol. The van der Waals surface area contributed by atoms with E-state index in [2.05, 4.69) is 42.7 Å². The molecular formula is C13H29N3S. The molecule has 0 radical (unpaired) electrons. The summed E-state index contributed by atoms with van der Waals surface area (Å²) in [4.78, 5) is 4.58. The number of unbranched alkanes of at least 4 members (excludes halogenated alkanes) is 3. The summed E-state index contributed by atoms with van der Waals surface area (Å²) in [6.45, 7) is 9.38. The van der Waals surface area contributed by atoms with Crippen LogP contribution in [0.25, 0.3) is 0 Å². The van der Waals surface area contributed by atoms with E-state index in [0.717, 1.165) is 25.6 Å². The lowest BCUT2D eigenvalue weighted by Gasteiger charge is -2.12. The van der Waals surface area contributed by atoms with Crippen molar-refractivity contribution in [3.05, 3.63) is 0 Å². The molecule has 0 saturated carbocycles. The average Bonchev–Trinajstić information content (AvgIpc) is 2.35. The van der Waals surface area contributed by atoms with Crippen molar-refractivity contribution in [1.29, 1.82) is 0 Å². The zero-order valence-electron chi connectivity index (χ0n) is 11.9. The van der Waals surface area contributed by atoms with E-state index in [-0.39, 0.29) is 0 Å². The van der Waals surface area contributed by atoms with Crippen LogP contribution in [0.1, 0.15) is 46.5 Å². The smallest absolute Gasteiger partial charge is 0.191 e. The third-order valence-electron chi connectivity index (χ3n) is 2.58. The molecule has 0 aliphatic heterocycles. The zero-order valence-corrected chi connectivity index (χ0v) is 12.7. The van der Waals surface area contributed by atoms with Crippen LogP contribution in [-0.4, -0.2) is 37.1 Å². The highest BCUT2D eigenvalue weighted by molar-refractivity contribution is 7.99. The van der Waals surface area contributed by atoms with Crippen molar-refractivity contribution in [2.24, 2.45) is 4.99 Å². The van der Waals surface area contributed by atoms with Gasteiger partial charge in [-0.1, -0.05) is 33.1 Å². The maximum atomic E-state index is 4.58. The van der Waals surface area contributed by atoms with Gasteiger partial charge in [0.15, 0.2) is 5.96 Å². The Morgan fingerprint density at radius 1 is 1.18 bits per heavy atom. The number of hydrogen-bond acceptors (Lipinski definition) is 2. The van der Waals surface area contributed by atoms with Gasteiger partial charge < -0.3 is 10.6 Å². The summed E-state index contributed by atoms with van der Waals surface area (Å²) in [5.41, 5.74) is 0. The highest BCUT2D eigenvalue weighted by Crippen LogP contribution is 2.04. The number of thioether (sulfide) groups is 1. The van der Waals surface area contributed by atoms with Crippen molar-refractivity contribution >= 4 is 17.7 Å². The summed E-state index contributed by atoms with van der Waals surface area (Å²) in [6, 6.07) is 0. The molecule has 0 aromatic heterocycles. The topological polar surface area (TPSA) is 36.4 Å². The molecule has 0 saturated heterocycles. The van der Waals surface area contributed by atoms with Gasteiger partial charge in [-0.15, -0.1) is 0 Å². The van der Waals surface area contributed by atoms with Gasteiger partial charge in [0.2, 0.25) is 0 Å². The van der Waals surface area contributed by atoms with E-state index in [1.807, 2.05) is 11.8 Å². The highest BCUT2D eigenvalue weighted by atomic mass is 32.2. The summed E-state index contributed by atoms with van der Waals surface area (Å²) in [5, 5.41) is 7.26. The van der Waals surface area contributed by atoms with E-state index < -0.39 is 0 Å². The van der Waals surface area contributed by atoms with E-state index in [1.54, 1.807) is 0 Å². The quantitative estimate of drug-likeness (QED) is 0.380. The third kappa shape index (κ3) is 10.5. The van der Waals surface area contributed by atoms with Crippen molar-refractivity contribution in [2.75, 3.05) is 25.9 Å². The molecule has 1 atom stereocenters. The van der Waals surface area contributed by atoms with Crippen molar-refractivity contribution in [2.45, 2.75) is 51.7 Å². The van der Waals surface area contributed by atoms with Gasteiger partial charge in [0.25, 0.3) is 0 Å². The van der Waals surface area contributed by atoms with Gasteiger partial charge in [0.05, 0.1) is 6.54 Å². The Kier molecular flexibility index (Phi) is 11.8. The van der Waals surface area contributed by atoms with Crippen LogP contribution in [0.2, 0.25) is 0 Å². The molecule has 0 fully saturated rings. The van der Waals surface area contributed by atoms with Gasteiger partial charge in [-0.3, -0.25) is 4.99 Å². The van der Waals surface area contributed by atoms with E-state index in [9.17, 15) is 0 Å². The van der Waals surface area contributed by atoms with Crippen LogP contribution >= 0.6 is 11.8 Å². The Labute approximate surface area is 111 Å². The lowest BCUT2D eigenvalue weighted by atomic mass is 10.2. The number of guanidine groups is 1. The largest absolute Gasteiger partial charge is 0.357 e. The monoisotopic (exact) mass is 259 g/mol. The van der Waals surface area contributed by atoms with E-state index in [4.69, 9.17) is 0 Å². The summed E-state index contributed by atoms with van der Waals surface area (Å²) < 4.78 is 0. The Bertz CT molecular complexity index is 195. The zero-order chi connectivity index (χ0) is 12.9. The van der Waals surface area contributed by atoms with Gasteiger partial charge in [0.1, 0.15) is 0 Å². The normalized spacial score (nSPS) is 13.5. The first-order valence-electron chi connectivity index (χ1n) is 6.79. The molecule has 0 aliphatic carbocycles. The van der Waals surface area contributed by atoms with Gasteiger partial charge in [-0.25, -0.2) is 0 Å². The van der Waals surface area contributed by atoms with Gasteiger partial charge in [-0.2, -0.15) is 11.8 Å². The van der Waals surface area contributed by atoms with E-state index in [1.165, 1.54) is 25.7 Å². The lowest BCUT2D eigenvalue weighted by molar-refractivity contribution is 0.647. The molecule has 0 amide bonds. The summed E-state index contributed by atoms with van der Waals surface area (Å²) >= 11 is 1.86. The SMILES string of the molecule is CCCCCCNC(=NCC(C)SC)NCC. The van der Waals surface area contributed by atoms with Crippen LogP contribution in [0.3, 0.4) is 0 Å². The highest BCUT2D eigenvalue weighted by Gasteiger charge is 2.00. The van der Waals surface area contributed by atoms with Crippen molar-refractivity contribution < 1.29 is 0 Å². The lowest BCUT2D eigenvalue weighted by Crippen LogP contribution is -2.38. The molecule has 4 heteroatoms. The minimum Gasteiger partial charge on any atom is -0.357 e. The number of rotatable bonds is 9. The van der Waals surface area contributed by atoms with Crippen LogP contribution in [0, 0.1) is 0 Å². The van der Waals surface area contributed by atoms with Crippen LogP contribution < -0.4 is 10.6 Å². The summed E-state index contributed by atoms with van der Waals surface area (Å²) in [6.07, 6.45) is 7.30. The molecule has 3 nitrogen and oxygen atoms in total. The predicted octanol–water partition coefficient (Wildman–Crippen LogP) is 2.87. The Hall–Kier alpha value is -0.380. The van der Waals surface area contributed by atoms with Crippen molar-refractivity contribution in [3.63, 3.8) is 0 Å². The molecule has 0 aromatic rings. The molecule has 0 aromatic carbocycles. The number of aliphatic imine (C=N–C) groups is 1. The number of nitrogens with zero attached hydrogens (tertiary/aromatic N) is 1. The summed E-state index contributed by atoms with van der Waals surface area (Å²) in [5.74, 6) is 0.963. The molecule has 0 aliphatic rings. The maximum Gasteiger partial charge on any atom is 0.191 e. The predicted molar refractivity (Wildman–Crippen MR) is 81.1 cm³/mol. The Balaban J connectivity index is 3.80. The fourth-order valence-corrected chi connectivity index (χ4v) is 1.62. The minimum atomic E-state index is 0.588. The van der Waals surface area contributed by atoms with Crippen molar-refractivity contribution in [1.82, 2.24) is 10.6 Å². The Morgan fingerprint density at radius 2 is 1.94 bits per heavy atom. The summed E-state index contributed by atoms with van der Waals surface area (Å²) in [7, 11) is 0.